The fourth-order valence-electron chi connectivity index (χ4n) is 2.91. The summed E-state index contributed by atoms with van der Waals surface area (Å²) in [4.78, 5) is 29.2. The zero-order valence-corrected chi connectivity index (χ0v) is 17.1. The molecule has 1 saturated heterocycles. The van der Waals surface area contributed by atoms with E-state index in [1.54, 1.807) is 17.5 Å². The number of ether oxygens (including phenoxy) is 1. The SMILES string of the molecule is O=C(CS)NCC1CN(c2ccc(-c3csc(Cc4nn[nH]n4)n3)c(F)c2)C(=O)O1. The number of carbonyl (C=O) groups excluding carboxylic acids is 2. The molecule has 13 heteroatoms. The van der Waals surface area contributed by atoms with Gasteiger partial charge in [-0.05, 0) is 18.2 Å². The second-order valence-electron chi connectivity index (χ2n) is 6.37. The van der Waals surface area contributed by atoms with E-state index in [-0.39, 0.29) is 24.7 Å². The Morgan fingerprint density at radius 2 is 2.33 bits per heavy atom. The van der Waals surface area contributed by atoms with Crippen LogP contribution in [0.2, 0.25) is 0 Å². The molecular formula is C17H16FN7O3S2. The van der Waals surface area contributed by atoms with Crippen molar-refractivity contribution < 1.29 is 18.7 Å². The highest BCUT2D eigenvalue weighted by Crippen LogP contribution is 2.30. The molecule has 0 aliphatic carbocycles. The average Bonchev–Trinajstić information content (AvgIpc) is 3.48. The van der Waals surface area contributed by atoms with Crippen molar-refractivity contribution in [1.29, 1.82) is 0 Å². The van der Waals surface area contributed by atoms with Crippen LogP contribution in [0.1, 0.15) is 10.8 Å². The summed E-state index contributed by atoms with van der Waals surface area (Å²) in [5, 5.41) is 18.7. The first-order valence-corrected chi connectivity index (χ1v) is 10.4. The number of nitrogens with zero attached hydrogens (tertiary/aromatic N) is 5. The molecule has 0 bridgehead atoms. The molecule has 2 amide bonds. The summed E-state index contributed by atoms with van der Waals surface area (Å²) in [6.07, 6.45) is -0.718. The number of H-pyrrole nitrogens is 1. The maximum atomic E-state index is 14.8. The molecule has 3 aromatic rings. The number of carbonyl (C=O) groups is 2. The summed E-state index contributed by atoms with van der Waals surface area (Å²) in [6.45, 7) is 0.375. The number of tetrazole rings is 1. The number of nitrogens with one attached hydrogen (secondary N) is 2. The molecule has 1 aromatic carbocycles. The Kier molecular flexibility index (Phi) is 5.90. The predicted molar refractivity (Wildman–Crippen MR) is 109 cm³/mol. The third kappa shape index (κ3) is 4.41. The highest BCUT2D eigenvalue weighted by atomic mass is 32.1. The number of hydrogen-bond donors (Lipinski definition) is 3. The van der Waals surface area contributed by atoms with Gasteiger partial charge in [-0.1, -0.05) is 5.21 Å². The van der Waals surface area contributed by atoms with Gasteiger partial charge in [0.25, 0.3) is 0 Å². The van der Waals surface area contributed by atoms with E-state index >= 15 is 0 Å². The molecule has 1 unspecified atom stereocenters. The minimum atomic E-state index is -0.594. The number of amides is 2. The molecule has 4 rings (SSSR count). The number of halogens is 1. The molecule has 1 fully saturated rings. The number of thiol groups is 1. The number of rotatable bonds is 7. The first kappa shape index (κ1) is 20.2. The Bertz CT molecular complexity index is 1060. The molecule has 0 spiro atoms. The Morgan fingerprint density at radius 1 is 1.47 bits per heavy atom. The minimum absolute atomic E-state index is 0.0461. The van der Waals surface area contributed by atoms with Crippen molar-refractivity contribution in [2.24, 2.45) is 0 Å². The van der Waals surface area contributed by atoms with Gasteiger partial charge >= 0.3 is 6.09 Å². The second kappa shape index (κ2) is 8.75. The maximum Gasteiger partial charge on any atom is 0.414 e. The van der Waals surface area contributed by atoms with Crippen LogP contribution in [0.15, 0.2) is 23.6 Å². The standard InChI is InChI=1S/C17H16FN7O3S2/c18-12-3-9(25-6-10(28-17(25)27)5-19-15(26)7-29)1-2-11(12)13-8-30-16(20-13)4-14-21-23-24-22-14/h1-3,8,10,29H,4-7H2,(H,19,26)(H,21,22,23,24). The van der Waals surface area contributed by atoms with Crippen LogP contribution in [-0.2, 0) is 16.0 Å². The summed E-state index contributed by atoms with van der Waals surface area (Å²) in [5.74, 6) is -0.224. The Labute approximate surface area is 179 Å². The van der Waals surface area contributed by atoms with E-state index in [0.717, 1.165) is 5.01 Å². The number of thiazole rings is 1. The van der Waals surface area contributed by atoms with Crippen molar-refractivity contribution in [1.82, 2.24) is 30.9 Å². The topological polar surface area (TPSA) is 126 Å². The first-order chi connectivity index (χ1) is 14.5. The first-order valence-electron chi connectivity index (χ1n) is 8.86. The zero-order valence-electron chi connectivity index (χ0n) is 15.4. The largest absolute Gasteiger partial charge is 0.442 e. The molecule has 2 N–H and O–H groups in total. The van der Waals surface area contributed by atoms with Crippen LogP contribution < -0.4 is 10.2 Å². The van der Waals surface area contributed by atoms with Crippen molar-refractivity contribution in [3.05, 3.63) is 40.2 Å². The van der Waals surface area contributed by atoms with Crippen molar-refractivity contribution in [2.75, 3.05) is 23.7 Å². The molecule has 2 aromatic heterocycles. The normalized spacial score (nSPS) is 16.0. The van der Waals surface area contributed by atoms with Crippen molar-refractivity contribution in [3.8, 4) is 11.3 Å². The third-order valence-corrected chi connectivity index (χ3v) is 5.47. The molecule has 3 heterocycles. The second-order valence-corrected chi connectivity index (χ2v) is 7.63. The Morgan fingerprint density at radius 3 is 3.07 bits per heavy atom. The minimum Gasteiger partial charge on any atom is -0.442 e. The quantitative estimate of drug-likeness (QED) is 0.466. The molecular weight excluding hydrogens is 433 g/mol. The number of benzene rings is 1. The fraction of sp³-hybridized carbons (Fsp3) is 0.294. The molecule has 1 aliphatic heterocycles. The number of cyclic esters (lactones) is 1. The van der Waals surface area contributed by atoms with Crippen molar-refractivity contribution >= 4 is 41.7 Å². The van der Waals surface area contributed by atoms with Crippen molar-refractivity contribution in [3.63, 3.8) is 0 Å². The summed E-state index contributed by atoms with van der Waals surface area (Å²) in [5.41, 5.74) is 1.17. The molecule has 1 atom stereocenters. The lowest BCUT2D eigenvalue weighted by Gasteiger charge is -2.14. The van der Waals surface area contributed by atoms with E-state index in [9.17, 15) is 14.0 Å². The summed E-state index contributed by atoms with van der Waals surface area (Å²) >= 11 is 5.24. The number of anilines is 1. The monoisotopic (exact) mass is 449 g/mol. The fourth-order valence-corrected chi connectivity index (χ4v) is 3.81. The van der Waals surface area contributed by atoms with Gasteiger partial charge in [-0.3, -0.25) is 9.69 Å². The number of aromatic nitrogens is 5. The van der Waals surface area contributed by atoms with Gasteiger partial charge in [0, 0.05) is 10.9 Å². The van der Waals surface area contributed by atoms with Crippen LogP contribution in [0, 0.1) is 5.82 Å². The third-order valence-electron chi connectivity index (χ3n) is 4.34. The maximum absolute atomic E-state index is 14.8. The van der Waals surface area contributed by atoms with Gasteiger partial charge in [0.15, 0.2) is 5.82 Å². The lowest BCUT2D eigenvalue weighted by Crippen LogP contribution is -2.35. The number of aromatic amines is 1. The lowest BCUT2D eigenvalue weighted by atomic mass is 10.1. The summed E-state index contributed by atoms with van der Waals surface area (Å²) in [7, 11) is 0. The van der Waals surface area contributed by atoms with Crippen LogP contribution in [0.25, 0.3) is 11.3 Å². The van der Waals surface area contributed by atoms with Crippen LogP contribution in [0.3, 0.4) is 0 Å². The van der Waals surface area contributed by atoms with Crippen LogP contribution in [0.5, 0.6) is 0 Å². The molecule has 156 valence electrons. The van der Waals surface area contributed by atoms with E-state index in [0.29, 0.717) is 29.2 Å². The highest BCUT2D eigenvalue weighted by molar-refractivity contribution is 7.81. The van der Waals surface area contributed by atoms with Crippen LogP contribution in [0.4, 0.5) is 14.9 Å². The van der Waals surface area contributed by atoms with Crippen LogP contribution >= 0.6 is 24.0 Å². The van der Waals surface area contributed by atoms with Gasteiger partial charge < -0.3 is 10.1 Å². The van der Waals surface area contributed by atoms with E-state index in [2.05, 4.69) is 43.6 Å². The predicted octanol–water partition coefficient (Wildman–Crippen LogP) is 1.42. The van der Waals surface area contributed by atoms with Crippen molar-refractivity contribution in [2.45, 2.75) is 12.5 Å². The number of hydrogen-bond acceptors (Lipinski definition) is 9. The molecule has 0 saturated carbocycles. The Hall–Kier alpha value is -3.06. The van der Waals surface area contributed by atoms with Gasteiger partial charge in [0.1, 0.15) is 16.9 Å². The highest BCUT2D eigenvalue weighted by Gasteiger charge is 2.33. The van der Waals surface area contributed by atoms with Gasteiger partial charge in [-0.15, -0.1) is 21.5 Å². The van der Waals surface area contributed by atoms with E-state index in [4.69, 9.17) is 4.74 Å². The van der Waals surface area contributed by atoms with Crippen LogP contribution in [-0.4, -0.2) is 62.6 Å². The van der Waals surface area contributed by atoms with Gasteiger partial charge in [-0.2, -0.15) is 17.8 Å². The Balaban J connectivity index is 1.45. The van der Waals surface area contributed by atoms with E-state index in [1.807, 2.05) is 0 Å². The molecule has 1 aliphatic rings. The van der Waals surface area contributed by atoms with Gasteiger partial charge in [0.05, 0.1) is 36.6 Å². The molecule has 0 radical (unpaired) electrons. The van der Waals surface area contributed by atoms with Gasteiger partial charge in [0.2, 0.25) is 5.91 Å². The molecule has 30 heavy (non-hydrogen) atoms. The van der Waals surface area contributed by atoms with Gasteiger partial charge in [-0.25, -0.2) is 14.2 Å². The zero-order chi connectivity index (χ0) is 21.1. The smallest absolute Gasteiger partial charge is 0.414 e. The average molecular weight is 449 g/mol. The van der Waals surface area contributed by atoms with E-state index in [1.165, 1.54) is 22.3 Å². The summed E-state index contributed by atoms with van der Waals surface area (Å²) in [6, 6.07) is 4.47. The summed E-state index contributed by atoms with van der Waals surface area (Å²) < 4.78 is 20.0. The lowest BCUT2D eigenvalue weighted by molar-refractivity contribution is -0.118. The molecule has 10 nitrogen and oxygen atoms in total. The van der Waals surface area contributed by atoms with E-state index < -0.39 is 18.0 Å².